The van der Waals surface area contributed by atoms with E-state index in [0.29, 0.717) is 0 Å². The third-order valence-electron chi connectivity index (χ3n) is 4.61. The molecule has 0 bridgehead atoms. The Labute approximate surface area is 132 Å². The molecule has 23 heavy (non-hydrogen) atoms. The molecule has 110 valence electrons. The van der Waals surface area contributed by atoms with Gasteiger partial charge in [0.2, 0.25) is 0 Å². The average molecular weight is 297 g/mol. The van der Waals surface area contributed by atoms with Crippen molar-refractivity contribution in [3.63, 3.8) is 0 Å². The molecule has 0 atom stereocenters. The summed E-state index contributed by atoms with van der Waals surface area (Å²) in [7, 11) is 0. The SMILES string of the molecule is Nc1c(-c2c3ccccc3cc3[nH][nH]c23)ccc2ccccc12. The van der Waals surface area contributed by atoms with E-state index in [1.807, 2.05) is 12.1 Å². The molecule has 0 spiro atoms. The van der Waals surface area contributed by atoms with Gasteiger partial charge in [-0.05, 0) is 22.2 Å². The van der Waals surface area contributed by atoms with Crippen LogP contribution in [-0.4, -0.2) is 10.2 Å². The van der Waals surface area contributed by atoms with Gasteiger partial charge in [0.25, 0.3) is 0 Å². The molecule has 0 aliphatic heterocycles. The lowest BCUT2D eigenvalue weighted by atomic mass is 9.93. The van der Waals surface area contributed by atoms with Crippen LogP contribution >= 0.6 is 0 Å². The normalized spacial score (nSPS) is 11.7. The highest BCUT2D eigenvalue weighted by Gasteiger charge is 2.15. The van der Waals surface area contributed by atoms with Gasteiger partial charge >= 0.3 is 0 Å². The minimum atomic E-state index is 0.829. The molecule has 0 aliphatic rings. The minimum absolute atomic E-state index is 0.829. The monoisotopic (exact) mass is 297 g/mol. The molecule has 4 N–H and O–H groups in total. The molecule has 0 unspecified atom stereocenters. The molecule has 5 rings (SSSR count). The van der Waals surface area contributed by atoms with Crippen LogP contribution in [0.2, 0.25) is 0 Å². The predicted octanol–water partition coefficient (Wildman–Crippen LogP) is 5.05. The van der Waals surface area contributed by atoms with Crippen LogP contribution in [0.5, 0.6) is 0 Å². The van der Waals surface area contributed by atoms with Crippen LogP contribution in [0.15, 0.2) is 66.7 Å². The van der Waals surface area contributed by atoms with E-state index in [9.17, 15) is 0 Å². The molecule has 3 heteroatoms. The number of nitrogens with one attached hydrogen (secondary N) is 2. The van der Waals surface area contributed by atoms with Gasteiger partial charge in [-0.15, -0.1) is 0 Å². The Bertz CT molecular complexity index is 1180. The lowest BCUT2D eigenvalue weighted by Gasteiger charge is -2.16. The molecule has 5 aromatic rings. The third kappa shape index (κ3) is 1.64. The summed E-state index contributed by atoms with van der Waals surface area (Å²) in [6.45, 7) is 0. The maximum Gasteiger partial charge on any atom is 0.0874 e. The van der Waals surface area contributed by atoms with Crippen LogP contribution < -0.4 is 5.73 Å². The molecule has 3 nitrogen and oxygen atoms in total. The van der Waals surface area contributed by atoms with E-state index in [1.165, 1.54) is 21.7 Å². The number of anilines is 1. The van der Waals surface area contributed by atoms with E-state index < -0.39 is 0 Å². The number of H-pyrrole nitrogens is 2. The van der Waals surface area contributed by atoms with Crippen LogP contribution in [0, 0.1) is 0 Å². The summed E-state index contributed by atoms with van der Waals surface area (Å²) in [6.07, 6.45) is 0. The second-order valence-electron chi connectivity index (χ2n) is 5.89. The van der Waals surface area contributed by atoms with Gasteiger partial charge in [-0.1, -0.05) is 60.7 Å². The van der Waals surface area contributed by atoms with Crippen LogP contribution in [0.1, 0.15) is 0 Å². The Balaban J connectivity index is 1.95. The van der Waals surface area contributed by atoms with Crippen LogP contribution in [0.3, 0.4) is 0 Å². The van der Waals surface area contributed by atoms with Crippen molar-refractivity contribution in [1.29, 1.82) is 0 Å². The fourth-order valence-electron chi connectivity index (χ4n) is 3.44. The van der Waals surface area contributed by atoms with E-state index in [-0.39, 0.29) is 0 Å². The van der Waals surface area contributed by atoms with Crippen LogP contribution in [0.25, 0.3) is 43.7 Å². The van der Waals surface area contributed by atoms with Crippen molar-refractivity contribution in [2.24, 2.45) is 0 Å². The lowest BCUT2D eigenvalue weighted by Crippen LogP contribution is -1.98. The van der Waals surface area contributed by atoms with Crippen molar-refractivity contribution in [2.45, 2.75) is 0 Å². The van der Waals surface area contributed by atoms with Crippen LogP contribution in [-0.2, 0) is 0 Å². The summed E-state index contributed by atoms with van der Waals surface area (Å²) in [6, 6.07) is 23.1. The summed E-state index contributed by atoms with van der Waals surface area (Å²) in [5.41, 5.74) is 11.8. The van der Waals surface area contributed by atoms with Crippen molar-refractivity contribution < 1.29 is 0 Å². The second kappa shape index (κ2) is 4.40. The van der Waals surface area contributed by atoms with Gasteiger partial charge in [-0.25, -0.2) is 0 Å². The molecule has 0 saturated heterocycles. The van der Waals surface area contributed by atoms with E-state index in [2.05, 4.69) is 64.8 Å². The Kier molecular flexibility index (Phi) is 2.36. The summed E-state index contributed by atoms with van der Waals surface area (Å²) in [4.78, 5) is 0. The Morgan fingerprint density at radius 2 is 1.43 bits per heavy atom. The van der Waals surface area contributed by atoms with Gasteiger partial charge in [0.05, 0.1) is 11.0 Å². The van der Waals surface area contributed by atoms with E-state index >= 15 is 0 Å². The Morgan fingerprint density at radius 1 is 0.696 bits per heavy atom. The van der Waals surface area contributed by atoms with Gasteiger partial charge in [-0.3, -0.25) is 10.2 Å². The molecule has 1 aromatic heterocycles. The van der Waals surface area contributed by atoms with E-state index in [0.717, 1.165) is 27.7 Å². The number of benzene rings is 4. The summed E-state index contributed by atoms with van der Waals surface area (Å²) < 4.78 is 0. The first-order valence-electron chi connectivity index (χ1n) is 7.68. The number of rotatable bonds is 1. The maximum absolute atomic E-state index is 6.54. The largest absolute Gasteiger partial charge is 0.398 e. The summed E-state index contributed by atoms with van der Waals surface area (Å²) in [5.74, 6) is 0. The number of hydrogen-bond acceptors (Lipinski definition) is 1. The molecule has 4 aromatic carbocycles. The Morgan fingerprint density at radius 3 is 2.22 bits per heavy atom. The second-order valence-corrected chi connectivity index (χ2v) is 5.89. The molecule has 0 fully saturated rings. The van der Waals surface area contributed by atoms with Crippen LogP contribution in [0.4, 0.5) is 5.69 Å². The highest BCUT2D eigenvalue weighted by atomic mass is 15.1. The van der Waals surface area contributed by atoms with Gasteiger partial charge in [-0.2, -0.15) is 0 Å². The number of nitrogen functional groups attached to an aromatic ring is 1. The number of fused-ring (bicyclic) bond motifs is 3. The van der Waals surface area contributed by atoms with Crippen molar-refractivity contribution in [3.8, 4) is 11.1 Å². The lowest BCUT2D eigenvalue weighted by molar-refractivity contribution is 1.07. The van der Waals surface area contributed by atoms with Gasteiger partial charge < -0.3 is 5.73 Å². The summed E-state index contributed by atoms with van der Waals surface area (Å²) >= 11 is 0. The highest BCUT2D eigenvalue weighted by molar-refractivity contribution is 6.15. The number of aromatic amines is 2. The zero-order valence-corrected chi connectivity index (χ0v) is 12.4. The molecule has 0 radical (unpaired) electrons. The number of nitrogens with two attached hydrogens (primary N) is 1. The average Bonchev–Trinajstić information content (AvgIpc) is 2.57. The van der Waals surface area contributed by atoms with E-state index in [4.69, 9.17) is 5.73 Å². The predicted molar refractivity (Wildman–Crippen MR) is 97.5 cm³/mol. The fraction of sp³-hybridized carbons (Fsp3) is 0. The molecular weight excluding hydrogens is 282 g/mol. The molecule has 0 aliphatic carbocycles. The first-order chi connectivity index (χ1) is 11.3. The topological polar surface area (TPSA) is 57.6 Å². The van der Waals surface area contributed by atoms with Gasteiger partial charge in [0.1, 0.15) is 0 Å². The first-order valence-corrected chi connectivity index (χ1v) is 7.68. The van der Waals surface area contributed by atoms with E-state index in [1.54, 1.807) is 0 Å². The Hall–Kier alpha value is -3.20. The molecule has 0 amide bonds. The zero-order chi connectivity index (χ0) is 15.4. The highest BCUT2D eigenvalue weighted by Crippen LogP contribution is 2.40. The number of aromatic nitrogens is 2. The first kappa shape index (κ1) is 12.4. The minimum Gasteiger partial charge on any atom is -0.398 e. The molecule has 0 saturated carbocycles. The number of hydrogen-bond donors (Lipinski definition) is 3. The van der Waals surface area contributed by atoms with Gasteiger partial charge in [0.15, 0.2) is 0 Å². The fourth-order valence-corrected chi connectivity index (χ4v) is 3.44. The third-order valence-corrected chi connectivity index (χ3v) is 4.61. The van der Waals surface area contributed by atoms with Crippen molar-refractivity contribution >= 4 is 38.3 Å². The summed E-state index contributed by atoms with van der Waals surface area (Å²) in [5, 5.41) is 11.1. The molecule has 1 heterocycles. The quantitative estimate of drug-likeness (QED) is 0.372. The van der Waals surface area contributed by atoms with Crippen molar-refractivity contribution in [1.82, 2.24) is 10.2 Å². The van der Waals surface area contributed by atoms with Crippen molar-refractivity contribution in [2.75, 3.05) is 5.73 Å². The van der Waals surface area contributed by atoms with Gasteiger partial charge in [0, 0.05) is 22.2 Å². The molecular formula is C20H15N3. The van der Waals surface area contributed by atoms with Crippen molar-refractivity contribution in [3.05, 3.63) is 66.7 Å². The maximum atomic E-state index is 6.54. The zero-order valence-electron chi connectivity index (χ0n) is 12.4. The standard InChI is InChI=1S/C20H15N3/c21-19-15-8-4-1-5-12(15)9-10-16(19)18-14-7-3-2-6-13(14)11-17-20(18)23-22-17/h1-11,22-23H,21H2. The smallest absolute Gasteiger partial charge is 0.0874 e.